The molecule has 1 fully saturated rings. The average molecular weight is 268 g/mol. The zero-order valence-corrected chi connectivity index (χ0v) is 11.4. The molecule has 0 aromatic heterocycles. The first kappa shape index (κ1) is 13.2. The van der Waals surface area contributed by atoms with Gasteiger partial charge in [0.05, 0.1) is 6.04 Å². The smallest absolute Gasteiger partial charge is 0.120 e. The summed E-state index contributed by atoms with van der Waals surface area (Å²) >= 11 is 0. The topological polar surface area (TPSA) is 49.5 Å². The zero-order chi connectivity index (χ0) is 13.9. The fourth-order valence-electron chi connectivity index (χ4n) is 3.04. The van der Waals surface area contributed by atoms with Crippen molar-refractivity contribution in [3.63, 3.8) is 0 Å². The van der Waals surface area contributed by atoms with Crippen molar-refractivity contribution >= 4 is 0 Å². The summed E-state index contributed by atoms with van der Waals surface area (Å²) in [5.41, 5.74) is 8.49. The Balaban J connectivity index is 1.86. The van der Waals surface area contributed by atoms with Crippen LogP contribution in [-0.4, -0.2) is 22.6 Å². The van der Waals surface area contributed by atoms with Crippen LogP contribution in [0.5, 0.6) is 5.75 Å². The summed E-state index contributed by atoms with van der Waals surface area (Å²) in [7, 11) is 0. The average Bonchev–Trinajstić information content (AvgIpc) is 2.82. The molecule has 0 aliphatic carbocycles. The van der Waals surface area contributed by atoms with Gasteiger partial charge in [-0.2, -0.15) is 0 Å². The molecular weight excluding hydrogens is 248 g/mol. The third kappa shape index (κ3) is 2.55. The Labute approximate surface area is 119 Å². The number of nitrogens with zero attached hydrogens (tertiary/aromatic N) is 1. The minimum absolute atomic E-state index is 0.0759. The molecule has 3 N–H and O–H groups in total. The summed E-state index contributed by atoms with van der Waals surface area (Å²) in [4.78, 5) is 2.36. The molecule has 1 heterocycles. The van der Waals surface area contributed by atoms with Crippen LogP contribution >= 0.6 is 0 Å². The molecular formula is C17H20N2O. The second-order valence-electron chi connectivity index (χ2n) is 5.41. The van der Waals surface area contributed by atoms with E-state index in [9.17, 15) is 5.11 Å². The van der Waals surface area contributed by atoms with Crippen LogP contribution in [0.1, 0.15) is 23.6 Å². The van der Waals surface area contributed by atoms with E-state index in [0.29, 0.717) is 5.75 Å². The Morgan fingerprint density at radius 1 is 1.05 bits per heavy atom. The Morgan fingerprint density at radius 3 is 2.50 bits per heavy atom. The Kier molecular flexibility index (Phi) is 3.72. The van der Waals surface area contributed by atoms with Crippen LogP contribution in [0.15, 0.2) is 54.6 Å². The maximum absolute atomic E-state index is 10.1. The number of phenols is 1. The zero-order valence-electron chi connectivity index (χ0n) is 11.4. The Morgan fingerprint density at radius 2 is 1.75 bits per heavy atom. The highest BCUT2D eigenvalue weighted by Gasteiger charge is 2.34. The van der Waals surface area contributed by atoms with E-state index in [1.54, 1.807) is 6.07 Å². The molecule has 104 valence electrons. The summed E-state index contributed by atoms with van der Waals surface area (Å²) in [5.74, 6) is 0.341. The van der Waals surface area contributed by atoms with Crippen molar-refractivity contribution in [2.75, 3.05) is 6.54 Å². The number of likely N-dealkylation sites (tertiary alicyclic amines) is 1. The van der Waals surface area contributed by atoms with Crippen molar-refractivity contribution in [2.24, 2.45) is 5.73 Å². The van der Waals surface area contributed by atoms with Crippen LogP contribution in [0.4, 0.5) is 0 Å². The lowest BCUT2D eigenvalue weighted by Gasteiger charge is -2.27. The highest BCUT2D eigenvalue weighted by molar-refractivity contribution is 5.36. The Hall–Kier alpha value is -1.84. The number of rotatable bonds is 3. The summed E-state index contributed by atoms with van der Waals surface area (Å²) in [6.07, 6.45) is 0.964. The van der Waals surface area contributed by atoms with Gasteiger partial charge in [0.2, 0.25) is 0 Å². The minimum atomic E-state index is 0.0759. The van der Waals surface area contributed by atoms with E-state index in [2.05, 4.69) is 29.2 Å². The van der Waals surface area contributed by atoms with E-state index in [1.807, 2.05) is 24.3 Å². The highest BCUT2D eigenvalue weighted by Crippen LogP contribution is 2.36. The number of phenolic OH excluding ortho intramolecular Hbond substituents is 1. The first-order valence-corrected chi connectivity index (χ1v) is 7.07. The molecule has 2 unspecified atom stereocenters. The van der Waals surface area contributed by atoms with Gasteiger partial charge in [0, 0.05) is 24.7 Å². The van der Waals surface area contributed by atoms with Gasteiger partial charge in [-0.05, 0) is 18.1 Å². The molecule has 20 heavy (non-hydrogen) atoms. The summed E-state index contributed by atoms with van der Waals surface area (Å²) in [6, 6.07) is 18.1. The second-order valence-corrected chi connectivity index (χ2v) is 5.41. The van der Waals surface area contributed by atoms with E-state index < -0.39 is 0 Å². The van der Waals surface area contributed by atoms with Gasteiger partial charge in [-0.3, -0.25) is 4.90 Å². The quantitative estimate of drug-likeness (QED) is 0.899. The van der Waals surface area contributed by atoms with Crippen molar-refractivity contribution in [1.82, 2.24) is 4.90 Å². The van der Waals surface area contributed by atoms with E-state index in [-0.39, 0.29) is 12.1 Å². The van der Waals surface area contributed by atoms with Gasteiger partial charge in [0.15, 0.2) is 0 Å². The van der Waals surface area contributed by atoms with E-state index in [1.165, 1.54) is 5.56 Å². The summed E-state index contributed by atoms with van der Waals surface area (Å²) in [6.45, 7) is 1.84. The molecule has 2 aromatic rings. The van der Waals surface area contributed by atoms with E-state index in [0.717, 1.165) is 25.1 Å². The molecule has 3 heteroatoms. The Bertz CT molecular complexity index is 570. The maximum Gasteiger partial charge on any atom is 0.120 e. The molecule has 0 amide bonds. The largest absolute Gasteiger partial charge is 0.508 e. The van der Waals surface area contributed by atoms with Crippen LogP contribution in [0, 0.1) is 0 Å². The van der Waals surface area contributed by atoms with Gasteiger partial charge in [-0.15, -0.1) is 0 Å². The SMILES string of the molecule is NC1CCN(Cc2ccccc2)C1c1ccccc1O. The molecule has 1 saturated heterocycles. The van der Waals surface area contributed by atoms with Crippen molar-refractivity contribution in [3.8, 4) is 5.75 Å². The van der Waals surface area contributed by atoms with Crippen molar-refractivity contribution < 1.29 is 5.11 Å². The molecule has 0 spiro atoms. The number of hydrogen-bond acceptors (Lipinski definition) is 3. The molecule has 3 rings (SSSR count). The maximum atomic E-state index is 10.1. The first-order valence-electron chi connectivity index (χ1n) is 7.07. The first-order chi connectivity index (χ1) is 9.75. The molecule has 0 bridgehead atoms. The fraction of sp³-hybridized carbons (Fsp3) is 0.294. The number of hydrogen-bond donors (Lipinski definition) is 2. The van der Waals surface area contributed by atoms with Crippen LogP contribution in [0.3, 0.4) is 0 Å². The van der Waals surface area contributed by atoms with Crippen molar-refractivity contribution in [1.29, 1.82) is 0 Å². The van der Waals surface area contributed by atoms with Gasteiger partial charge >= 0.3 is 0 Å². The normalized spacial score (nSPS) is 23.1. The van der Waals surface area contributed by atoms with Crippen LogP contribution in [-0.2, 0) is 6.54 Å². The predicted octanol–water partition coefficient (Wildman–Crippen LogP) is 2.67. The van der Waals surface area contributed by atoms with Gasteiger partial charge in [-0.1, -0.05) is 48.5 Å². The van der Waals surface area contributed by atoms with Gasteiger partial charge < -0.3 is 10.8 Å². The lowest BCUT2D eigenvalue weighted by Crippen LogP contribution is -2.31. The molecule has 3 nitrogen and oxygen atoms in total. The van der Waals surface area contributed by atoms with E-state index >= 15 is 0 Å². The van der Waals surface area contributed by atoms with Crippen LogP contribution in [0.25, 0.3) is 0 Å². The van der Waals surface area contributed by atoms with Crippen molar-refractivity contribution in [2.45, 2.75) is 25.0 Å². The molecule has 1 aliphatic heterocycles. The lowest BCUT2D eigenvalue weighted by molar-refractivity contribution is 0.234. The standard InChI is InChI=1S/C17H20N2O/c18-15-10-11-19(12-13-6-2-1-3-7-13)17(15)14-8-4-5-9-16(14)20/h1-9,15,17,20H,10-12,18H2. The molecule has 2 aromatic carbocycles. The summed E-state index contributed by atoms with van der Waals surface area (Å²) in [5, 5.41) is 10.1. The number of nitrogens with two attached hydrogens (primary N) is 1. The second kappa shape index (κ2) is 5.65. The van der Waals surface area contributed by atoms with Gasteiger partial charge in [0.25, 0.3) is 0 Å². The predicted molar refractivity (Wildman–Crippen MR) is 80.3 cm³/mol. The monoisotopic (exact) mass is 268 g/mol. The third-order valence-corrected chi connectivity index (χ3v) is 4.03. The third-order valence-electron chi connectivity index (χ3n) is 4.03. The minimum Gasteiger partial charge on any atom is -0.508 e. The fourth-order valence-corrected chi connectivity index (χ4v) is 3.04. The molecule has 1 aliphatic rings. The van der Waals surface area contributed by atoms with Gasteiger partial charge in [0.1, 0.15) is 5.75 Å². The van der Waals surface area contributed by atoms with Gasteiger partial charge in [-0.25, -0.2) is 0 Å². The van der Waals surface area contributed by atoms with Crippen LogP contribution < -0.4 is 5.73 Å². The molecule has 0 radical (unpaired) electrons. The lowest BCUT2D eigenvalue weighted by atomic mass is 9.99. The number of para-hydroxylation sites is 1. The highest BCUT2D eigenvalue weighted by atomic mass is 16.3. The van der Waals surface area contributed by atoms with Crippen molar-refractivity contribution in [3.05, 3.63) is 65.7 Å². The summed E-state index contributed by atoms with van der Waals surface area (Å²) < 4.78 is 0. The number of aromatic hydroxyl groups is 1. The number of benzene rings is 2. The van der Waals surface area contributed by atoms with Crippen LogP contribution in [0.2, 0.25) is 0 Å². The van der Waals surface area contributed by atoms with E-state index in [4.69, 9.17) is 5.73 Å². The molecule has 2 atom stereocenters. The molecule has 0 saturated carbocycles.